The van der Waals surface area contributed by atoms with Crippen molar-refractivity contribution in [3.63, 3.8) is 0 Å². The summed E-state index contributed by atoms with van der Waals surface area (Å²) in [6.07, 6.45) is 5.96. The lowest BCUT2D eigenvalue weighted by molar-refractivity contribution is 0.877. The third kappa shape index (κ3) is 2.21. The normalized spacial score (nSPS) is 12.5. The van der Waals surface area contributed by atoms with Crippen LogP contribution < -0.4 is 5.22 Å². The highest BCUT2D eigenvalue weighted by atomic mass is 14.2. The second-order valence-electron chi connectivity index (χ2n) is 6.88. The Morgan fingerprint density at radius 1 is 0.760 bits per heavy atom. The van der Waals surface area contributed by atoms with E-state index < -0.39 is 0 Å². The molecule has 122 valence electrons. The molecule has 4 aromatic rings. The molecule has 0 aliphatic rings. The van der Waals surface area contributed by atoms with E-state index in [1.54, 1.807) is 0 Å². The fourth-order valence-corrected chi connectivity index (χ4v) is 4.07. The minimum absolute atomic E-state index is 0.497. The Morgan fingerprint density at radius 2 is 1.44 bits per heavy atom. The molecule has 0 fully saturated rings. The smallest absolute Gasteiger partial charge is 0.00235 e. The molecule has 0 aliphatic heterocycles. The molecular formula is C25H22. The first-order valence-corrected chi connectivity index (χ1v) is 8.82. The van der Waals surface area contributed by atoms with Gasteiger partial charge >= 0.3 is 0 Å². The van der Waals surface area contributed by atoms with Gasteiger partial charge in [-0.25, -0.2) is 0 Å². The molecule has 0 nitrogen and oxygen atoms in total. The van der Waals surface area contributed by atoms with Crippen LogP contribution >= 0.6 is 0 Å². The van der Waals surface area contributed by atoms with E-state index in [0.717, 1.165) is 0 Å². The predicted molar refractivity (Wildman–Crippen MR) is 113 cm³/mol. The van der Waals surface area contributed by atoms with Crippen LogP contribution in [-0.4, -0.2) is 0 Å². The van der Waals surface area contributed by atoms with Crippen LogP contribution in [-0.2, 0) is 0 Å². The largest absolute Gasteiger partial charge is 0.0990 e. The molecule has 25 heavy (non-hydrogen) atoms. The van der Waals surface area contributed by atoms with Crippen LogP contribution in [0, 0.1) is 0 Å². The summed E-state index contributed by atoms with van der Waals surface area (Å²) >= 11 is 0. The van der Waals surface area contributed by atoms with E-state index in [2.05, 4.69) is 81.6 Å². The summed E-state index contributed by atoms with van der Waals surface area (Å²) in [6, 6.07) is 17.7. The number of fused-ring (bicyclic) bond motifs is 2. The molecule has 4 rings (SSSR count). The molecule has 0 N–H and O–H groups in total. The molecule has 0 heteroatoms. The minimum Gasteiger partial charge on any atom is -0.0990 e. The molecule has 0 aromatic heterocycles. The van der Waals surface area contributed by atoms with Gasteiger partial charge in [0.05, 0.1) is 0 Å². The van der Waals surface area contributed by atoms with Crippen molar-refractivity contribution in [2.24, 2.45) is 0 Å². The molecule has 0 bridgehead atoms. The van der Waals surface area contributed by atoms with Crippen molar-refractivity contribution in [2.45, 2.75) is 19.8 Å². The van der Waals surface area contributed by atoms with E-state index in [-0.39, 0.29) is 0 Å². The highest BCUT2D eigenvalue weighted by Crippen LogP contribution is 2.36. The lowest BCUT2D eigenvalue weighted by atomic mass is 9.87. The van der Waals surface area contributed by atoms with Gasteiger partial charge in [-0.15, -0.1) is 0 Å². The summed E-state index contributed by atoms with van der Waals surface area (Å²) < 4.78 is 0. The average molecular weight is 322 g/mol. The molecule has 0 saturated heterocycles. The minimum atomic E-state index is 0.497. The molecule has 0 amide bonds. The van der Waals surface area contributed by atoms with E-state index in [1.165, 1.54) is 48.7 Å². The molecule has 0 radical (unpaired) electrons. The van der Waals surface area contributed by atoms with Crippen molar-refractivity contribution in [1.29, 1.82) is 0 Å². The zero-order valence-electron chi connectivity index (χ0n) is 14.8. The van der Waals surface area contributed by atoms with Gasteiger partial charge in [-0.3, -0.25) is 0 Å². The standard InChI is InChI=1S/C25H22/c1-5-9-19-22-13-8-12-20-18(16(3)4)14-15-23(25(20)22)21-11-7-10-17(6-2)24(19)21/h5-16H,1-2H2,3-4H3/b19-9-. The number of hydrogen-bond acceptors (Lipinski definition) is 0. The summed E-state index contributed by atoms with van der Waals surface area (Å²) in [4.78, 5) is 0. The van der Waals surface area contributed by atoms with Crippen LogP contribution in [0.4, 0.5) is 0 Å². The zero-order valence-corrected chi connectivity index (χ0v) is 14.8. The maximum Gasteiger partial charge on any atom is -0.00235 e. The van der Waals surface area contributed by atoms with Crippen molar-refractivity contribution in [1.82, 2.24) is 0 Å². The average Bonchev–Trinajstić information content (AvgIpc) is 2.64. The Hall–Kier alpha value is -2.86. The first kappa shape index (κ1) is 15.7. The van der Waals surface area contributed by atoms with E-state index in [9.17, 15) is 0 Å². The van der Waals surface area contributed by atoms with Crippen molar-refractivity contribution >= 4 is 44.5 Å². The van der Waals surface area contributed by atoms with Crippen molar-refractivity contribution in [3.8, 4) is 0 Å². The Morgan fingerprint density at radius 3 is 2.16 bits per heavy atom. The van der Waals surface area contributed by atoms with Crippen LogP contribution in [0.25, 0.3) is 44.5 Å². The monoisotopic (exact) mass is 322 g/mol. The Kier molecular flexibility index (Phi) is 3.69. The molecule has 0 aliphatic carbocycles. The van der Waals surface area contributed by atoms with E-state index in [4.69, 9.17) is 0 Å². The molecular weight excluding hydrogens is 300 g/mol. The first-order valence-electron chi connectivity index (χ1n) is 8.82. The maximum absolute atomic E-state index is 4.02. The van der Waals surface area contributed by atoms with Crippen LogP contribution in [0.1, 0.15) is 30.9 Å². The summed E-state index contributed by atoms with van der Waals surface area (Å²) in [7, 11) is 0. The van der Waals surface area contributed by atoms with Gasteiger partial charge in [0, 0.05) is 0 Å². The van der Waals surface area contributed by atoms with Crippen LogP contribution in [0.15, 0.2) is 67.8 Å². The molecule has 0 atom stereocenters. The quantitative estimate of drug-likeness (QED) is 0.294. The van der Waals surface area contributed by atoms with E-state index >= 15 is 0 Å². The number of benzene rings is 4. The molecule has 0 spiro atoms. The predicted octanol–water partition coefficient (Wildman–Crippen LogP) is 6.60. The fourth-order valence-electron chi connectivity index (χ4n) is 4.07. The first-order chi connectivity index (χ1) is 12.2. The van der Waals surface area contributed by atoms with Crippen LogP contribution in [0.3, 0.4) is 0 Å². The highest BCUT2D eigenvalue weighted by molar-refractivity contribution is 6.23. The third-order valence-electron chi connectivity index (χ3n) is 5.15. The Bertz CT molecular complexity index is 1190. The van der Waals surface area contributed by atoms with E-state index in [0.29, 0.717) is 5.92 Å². The Labute approximate surface area is 148 Å². The SMILES string of the molecule is C=C/C=c1/c2cccc3c(C(C)C)ccc(c4cccc(C=C)c14)c32. The topological polar surface area (TPSA) is 0 Å². The zero-order chi connectivity index (χ0) is 17.6. The van der Waals surface area contributed by atoms with Crippen molar-refractivity contribution in [3.05, 3.63) is 84.1 Å². The lowest BCUT2D eigenvalue weighted by Gasteiger charge is -2.17. The van der Waals surface area contributed by atoms with Crippen molar-refractivity contribution in [2.75, 3.05) is 0 Å². The maximum atomic E-state index is 4.02. The molecule has 4 aromatic carbocycles. The third-order valence-corrected chi connectivity index (χ3v) is 5.15. The highest BCUT2D eigenvalue weighted by Gasteiger charge is 2.14. The number of allylic oxidation sites excluding steroid dienone is 1. The Balaban J connectivity index is 2.42. The summed E-state index contributed by atoms with van der Waals surface area (Å²) in [5.41, 5.74) is 2.57. The molecule has 0 unspecified atom stereocenters. The second-order valence-corrected chi connectivity index (χ2v) is 6.88. The van der Waals surface area contributed by atoms with Gasteiger partial charge < -0.3 is 0 Å². The molecule has 0 heterocycles. The van der Waals surface area contributed by atoms with Crippen molar-refractivity contribution < 1.29 is 0 Å². The van der Waals surface area contributed by atoms with Gasteiger partial charge in [0.15, 0.2) is 0 Å². The van der Waals surface area contributed by atoms with Gasteiger partial charge in [-0.2, -0.15) is 0 Å². The summed E-state index contributed by atoms with van der Waals surface area (Å²) in [6.45, 7) is 12.5. The van der Waals surface area contributed by atoms with Crippen LogP contribution in [0.2, 0.25) is 0 Å². The second kappa shape index (κ2) is 5.89. The lowest BCUT2D eigenvalue weighted by Crippen LogP contribution is -2.07. The summed E-state index contributed by atoms with van der Waals surface area (Å²) in [5, 5.41) is 9.09. The fraction of sp³-hybridized carbons (Fsp3) is 0.120. The van der Waals surface area contributed by atoms with E-state index in [1.807, 2.05) is 12.2 Å². The van der Waals surface area contributed by atoms with Gasteiger partial charge in [0.25, 0.3) is 0 Å². The van der Waals surface area contributed by atoms with Gasteiger partial charge in [0.1, 0.15) is 0 Å². The van der Waals surface area contributed by atoms with Gasteiger partial charge in [-0.05, 0) is 54.6 Å². The van der Waals surface area contributed by atoms with Gasteiger partial charge in [-0.1, -0.05) is 93.8 Å². The summed E-state index contributed by atoms with van der Waals surface area (Å²) in [5.74, 6) is 0.497. The van der Waals surface area contributed by atoms with Gasteiger partial charge in [0.2, 0.25) is 0 Å². The number of rotatable bonds is 3. The number of hydrogen-bond donors (Lipinski definition) is 0. The van der Waals surface area contributed by atoms with Crippen LogP contribution in [0.5, 0.6) is 0 Å². The molecule has 0 saturated carbocycles.